The lowest BCUT2D eigenvalue weighted by atomic mass is 10.1. The summed E-state index contributed by atoms with van der Waals surface area (Å²) in [4.78, 5) is 15.0. The highest BCUT2D eigenvalue weighted by atomic mass is 79.9. The van der Waals surface area contributed by atoms with Gasteiger partial charge in [-0.05, 0) is 64.3 Å². The Morgan fingerprint density at radius 1 is 1.13 bits per heavy atom. The summed E-state index contributed by atoms with van der Waals surface area (Å²) in [7, 11) is 0. The van der Waals surface area contributed by atoms with Gasteiger partial charge >= 0.3 is 0 Å². The van der Waals surface area contributed by atoms with Crippen LogP contribution in [0.3, 0.4) is 0 Å². The number of carbonyl (C=O) groups excluding carboxylic acids is 1. The zero-order valence-electron chi connectivity index (χ0n) is 16.5. The summed E-state index contributed by atoms with van der Waals surface area (Å²) < 4.78 is 7.16. The fourth-order valence-electron chi connectivity index (χ4n) is 3.06. The Balaban J connectivity index is 1.54. The molecule has 156 valence electrons. The van der Waals surface area contributed by atoms with E-state index in [-0.39, 0.29) is 5.91 Å². The Labute approximate surface area is 204 Å². The van der Waals surface area contributed by atoms with Gasteiger partial charge in [-0.15, -0.1) is 0 Å². The van der Waals surface area contributed by atoms with E-state index in [4.69, 9.17) is 28.6 Å². The van der Waals surface area contributed by atoms with Gasteiger partial charge in [0.1, 0.15) is 6.61 Å². The van der Waals surface area contributed by atoms with Crippen LogP contribution in [0.15, 0.2) is 76.1 Å². The molecule has 3 nitrogen and oxygen atoms in total. The van der Waals surface area contributed by atoms with Crippen LogP contribution in [0.5, 0.6) is 5.75 Å². The third-order valence-corrected chi connectivity index (χ3v) is 6.80. The predicted octanol–water partition coefficient (Wildman–Crippen LogP) is 7.40. The average Bonchev–Trinajstić information content (AvgIpc) is 3.02. The van der Waals surface area contributed by atoms with E-state index in [1.54, 1.807) is 17.0 Å². The molecule has 7 heteroatoms. The molecule has 1 fully saturated rings. The maximum atomic E-state index is 12.9. The molecule has 4 rings (SSSR count). The summed E-state index contributed by atoms with van der Waals surface area (Å²) in [5.74, 6) is 0.421. The number of rotatable bonds is 5. The molecule has 1 aliphatic heterocycles. The van der Waals surface area contributed by atoms with Crippen molar-refractivity contribution in [2.45, 2.75) is 13.5 Å². The number of anilines is 1. The van der Waals surface area contributed by atoms with Crippen LogP contribution < -0.4 is 9.64 Å². The summed E-state index contributed by atoms with van der Waals surface area (Å²) in [5.41, 5.74) is 3.80. The molecule has 0 spiro atoms. The van der Waals surface area contributed by atoms with E-state index in [2.05, 4.69) is 15.9 Å². The molecule has 1 aliphatic rings. The molecule has 1 heterocycles. The van der Waals surface area contributed by atoms with Gasteiger partial charge < -0.3 is 4.74 Å². The zero-order valence-corrected chi connectivity index (χ0v) is 20.4. The molecule has 0 bridgehead atoms. The molecular weight excluding hydrogens is 514 g/mol. The quantitative estimate of drug-likeness (QED) is 0.254. The fourth-order valence-corrected chi connectivity index (χ4v) is 5.35. The Morgan fingerprint density at radius 2 is 1.84 bits per heavy atom. The van der Waals surface area contributed by atoms with E-state index in [1.165, 1.54) is 17.3 Å². The lowest BCUT2D eigenvalue weighted by molar-refractivity contribution is -0.113. The van der Waals surface area contributed by atoms with Crippen LogP contribution in [0, 0.1) is 6.92 Å². The monoisotopic (exact) mass is 529 g/mol. The zero-order chi connectivity index (χ0) is 22.0. The molecule has 3 aromatic carbocycles. The van der Waals surface area contributed by atoms with Gasteiger partial charge in [-0.2, -0.15) is 0 Å². The van der Waals surface area contributed by atoms with Crippen LogP contribution in [-0.4, -0.2) is 10.2 Å². The van der Waals surface area contributed by atoms with Crippen LogP contribution in [0.2, 0.25) is 5.02 Å². The first-order valence-corrected chi connectivity index (χ1v) is 11.8. The second kappa shape index (κ2) is 9.57. The Kier molecular flexibility index (Phi) is 6.82. The average molecular weight is 531 g/mol. The Bertz CT molecular complexity index is 1160. The van der Waals surface area contributed by atoms with Gasteiger partial charge in [0.25, 0.3) is 5.91 Å². The molecule has 0 saturated carbocycles. The van der Waals surface area contributed by atoms with Crippen molar-refractivity contribution >= 4 is 73.5 Å². The Morgan fingerprint density at radius 3 is 2.52 bits per heavy atom. The molecule has 31 heavy (non-hydrogen) atoms. The molecule has 1 amide bonds. The fraction of sp³-hybridized carbons (Fsp3) is 0.0833. The topological polar surface area (TPSA) is 29.5 Å². The van der Waals surface area contributed by atoms with Crippen molar-refractivity contribution in [3.05, 3.63) is 97.8 Å². The summed E-state index contributed by atoms with van der Waals surface area (Å²) in [6, 6.07) is 21.2. The van der Waals surface area contributed by atoms with Crippen LogP contribution in [0.4, 0.5) is 5.69 Å². The number of nitrogens with zero attached hydrogens (tertiary/aromatic N) is 1. The second-order valence-corrected chi connectivity index (χ2v) is 9.88. The van der Waals surface area contributed by atoms with Crippen molar-refractivity contribution < 1.29 is 9.53 Å². The van der Waals surface area contributed by atoms with Crippen LogP contribution in [0.1, 0.15) is 16.7 Å². The van der Waals surface area contributed by atoms with Crippen LogP contribution >= 0.6 is 51.5 Å². The largest absolute Gasteiger partial charge is 0.486 e. The maximum absolute atomic E-state index is 12.9. The number of thioether (sulfide) groups is 1. The molecule has 0 unspecified atom stereocenters. The molecule has 0 radical (unpaired) electrons. The van der Waals surface area contributed by atoms with E-state index in [9.17, 15) is 4.79 Å². The first-order chi connectivity index (χ1) is 14.9. The first-order valence-electron chi connectivity index (χ1n) is 9.43. The highest BCUT2D eigenvalue weighted by Gasteiger charge is 2.33. The van der Waals surface area contributed by atoms with Crippen molar-refractivity contribution in [1.29, 1.82) is 0 Å². The number of benzene rings is 3. The first kappa shape index (κ1) is 22.1. The number of amides is 1. The normalized spacial score (nSPS) is 15.1. The highest BCUT2D eigenvalue weighted by molar-refractivity contribution is 9.10. The van der Waals surface area contributed by atoms with Gasteiger partial charge in [-0.25, -0.2) is 0 Å². The van der Waals surface area contributed by atoms with Crippen molar-refractivity contribution in [2.24, 2.45) is 0 Å². The van der Waals surface area contributed by atoms with E-state index >= 15 is 0 Å². The highest BCUT2D eigenvalue weighted by Crippen LogP contribution is 2.39. The number of thiocarbonyl (C=S) groups is 1. The van der Waals surface area contributed by atoms with Crippen molar-refractivity contribution in [3.63, 3.8) is 0 Å². The number of carbonyl (C=O) groups is 1. The van der Waals surface area contributed by atoms with Crippen molar-refractivity contribution in [2.75, 3.05) is 4.90 Å². The number of halogens is 2. The lowest BCUT2D eigenvalue weighted by Crippen LogP contribution is -2.27. The van der Waals surface area contributed by atoms with E-state index in [0.29, 0.717) is 26.6 Å². The number of ether oxygens (including phenoxy) is 1. The van der Waals surface area contributed by atoms with Gasteiger partial charge in [-0.3, -0.25) is 9.69 Å². The van der Waals surface area contributed by atoms with Gasteiger partial charge in [0.15, 0.2) is 10.1 Å². The number of hydrogen-bond donors (Lipinski definition) is 0. The van der Waals surface area contributed by atoms with Gasteiger partial charge in [0, 0.05) is 0 Å². The minimum Gasteiger partial charge on any atom is -0.486 e. The van der Waals surface area contributed by atoms with Crippen molar-refractivity contribution in [3.8, 4) is 5.75 Å². The summed E-state index contributed by atoms with van der Waals surface area (Å²) in [6.45, 7) is 2.46. The number of aryl methyl sites for hydroxylation is 1. The van der Waals surface area contributed by atoms with E-state index in [1.807, 2.05) is 67.6 Å². The smallest absolute Gasteiger partial charge is 0.270 e. The number of para-hydroxylation sites is 1. The minimum atomic E-state index is -0.145. The predicted molar refractivity (Wildman–Crippen MR) is 137 cm³/mol. The molecule has 3 aromatic rings. The van der Waals surface area contributed by atoms with E-state index < -0.39 is 0 Å². The van der Waals surface area contributed by atoms with Gasteiger partial charge in [-0.1, -0.05) is 83.6 Å². The molecule has 0 atom stereocenters. The molecule has 0 aromatic heterocycles. The summed E-state index contributed by atoms with van der Waals surface area (Å²) >= 11 is 16.7. The summed E-state index contributed by atoms with van der Waals surface area (Å²) in [6.07, 6.45) is 1.79. The van der Waals surface area contributed by atoms with Crippen molar-refractivity contribution in [1.82, 2.24) is 0 Å². The standard InChI is InChI=1S/C24H17BrClNO2S2/c1-15-7-9-16(10-8-15)14-29-22-19(25)11-17(12-20(22)26)13-21-23(28)27(24(30)31-21)18-5-3-2-4-6-18/h2-13H,14H2,1H3/b21-13+. The Hall–Kier alpha value is -2.12. The minimum absolute atomic E-state index is 0.145. The third-order valence-electron chi connectivity index (χ3n) is 4.63. The second-order valence-electron chi connectivity index (χ2n) is 6.94. The lowest BCUT2D eigenvalue weighted by Gasteiger charge is -2.14. The third kappa shape index (κ3) is 5.04. The SMILES string of the molecule is Cc1ccc(COc2c(Cl)cc(/C=C3/SC(=S)N(c4ccccc4)C3=O)cc2Br)cc1. The van der Waals surface area contributed by atoms with Crippen LogP contribution in [-0.2, 0) is 11.4 Å². The van der Waals surface area contributed by atoms with Crippen LogP contribution in [0.25, 0.3) is 6.08 Å². The van der Waals surface area contributed by atoms with E-state index in [0.717, 1.165) is 21.3 Å². The number of hydrogen-bond acceptors (Lipinski definition) is 4. The molecule has 0 N–H and O–H groups in total. The summed E-state index contributed by atoms with van der Waals surface area (Å²) in [5, 5.41) is 0.464. The molecule has 0 aliphatic carbocycles. The maximum Gasteiger partial charge on any atom is 0.270 e. The molecular formula is C24H17BrClNO2S2. The molecule has 1 saturated heterocycles. The van der Waals surface area contributed by atoms with Gasteiger partial charge in [0.2, 0.25) is 0 Å². The van der Waals surface area contributed by atoms with Gasteiger partial charge in [0.05, 0.1) is 20.1 Å².